The summed E-state index contributed by atoms with van der Waals surface area (Å²) in [5, 5.41) is 23.5. The number of aliphatic carboxylic acids is 1. The van der Waals surface area contributed by atoms with Crippen molar-refractivity contribution < 1.29 is 19.8 Å². The van der Waals surface area contributed by atoms with Gasteiger partial charge < -0.3 is 20.8 Å². The normalized spacial score (nSPS) is 10.0. The summed E-state index contributed by atoms with van der Waals surface area (Å²) in [6, 6.07) is 9.70. The average Bonchev–Trinajstić information content (AvgIpc) is 2.49. The number of phenols is 1. The minimum absolute atomic E-state index is 0.108. The number of nitrogens with zero attached hydrogens (tertiary/aromatic N) is 1. The Labute approximate surface area is 126 Å². The number of phenolic OH excluding ortho intramolecular Hbond substituents is 1. The van der Waals surface area contributed by atoms with Gasteiger partial charge in [-0.05, 0) is 36.4 Å². The maximum atomic E-state index is 11.7. The van der Waals surface area contributed by atoms with E-state index in [1.807, 2.05) is 0 Å². The number of benzene rings is 1. The minimum atomic E-state index is -1.02. The maximum absolute atomic E-state index is 11.7. The van der Waals surface area contributed by atoms with Crippen LogP contribution in [0.15, 0.2) is 42.6 Å². The van der Waals surface area contributed by atoms with Gasteiger partial charge in [0.25, 0.3) is 0 Å². The van der Waals surface area contributed by atoms with Gasteiger partial charge in [0, 0.05) is 18.3 Å². The molecule has 7 heteroatoms. The van der Waals surface area contributed by atoms with Gasteiger partial charge in [-0.1, -0.05) is 0 Å². The monoisotopic (exact) mass is 301 g/mol. The second-order valence-corrected chi connectivity index (χ2v) is 4.51. The number of carbonyl (C=O) groups excluding carboxylic acids is 1. The summed E-state index contributed by atoms with van der Waals surface area (Å²) >= 11 is 0. The number of hydrogen-bond donors (Lipinski definition) is 4. The smallest absolute Gasteiger partial charge is 0.303 e. The number of aromatic hydroxyl groups is 1. The molecule has 0 aliphatic heterocycles. The van der Waals surface area contributed by atoms with Crippen LogP contribution in [0, 0.1) is 0 Å². The number of pyridine rings is 1. The highest BCUT2D eigenvalue weighted by Crippen LogP contribution is 2.24. The molecule has 0 radical (unpaired) electrons. The van der Waals surface area contributed by atoms with Crippen molar-refractivity contribution in [1.29, 1.82) is 0 Å². The molecule has 7 nitrogen and oxygen atoms in total. The van der Waals surface area contributed by atoms with Crippen molar-refractivity contribution in [1.82, 2.24) is 4.98 Å². The lowest BCUT2D eigenvalue weighted by molar-refractivity contribution is -0.138. The first-order chi connectivity index (χ1) is 10.5. The average molecular weight is 301 g/mol. The van der Waals surface area contributed by atoms with Crippen LogP contribution in [0.25, 0.3) is 0 Å². The Balaban J connectivity index is 2.07. The molecule has 0 aliphatic rings. The van der Waals surface area contributed by atoms with Crippen molar-refractivity contribution >= 4 is 29.1 Å². The molecule has 0 aliphatic carbocycles. The van der Waals surface area contributed by atoms with Gasteiger partial charge in [-0.3, -0.25) is 9.59 Å². The van der Waals surface area contributed by atoms with E-state index < -0.39 is 11.9 Å². The fourth-order valence-electron chi connectivity index (χ4n) is 1.72. The lowest BCUT2D eigenvalue weighted by Crippen LogP contribution is -2.14. The van der Waals surface area contributed by atoms with Gasteiger partial charge in [0.15, 0.2) is 5.82 Å². The van der Waals surface area contributed by atoms with Gasteiger partial charge in [0.2, 0.25) is 5.91 Å². The molecular formula is C15H15N3O4. The minimum Gasteiger partial charge on any atom is -0.508 e. The van der Waals surface area contributed by atoms with Crippen molar-refractivity contribution in [2.24, 2.45) is 0 Å². The highest BCUT2D eigenvalue weighted by atomic mass is 16.4. The van der Waals surface area contributed by atoms with Crippen LogP contribution < -0.4 is 10.6 Å². The fourth-order valence-corrected chi connectivity index (χ4v) is 1.72. The number of nitrogens with one attached hydrogen (secondary N) is 2. The van der Waals surface area contributed by atoms with Crippen LogP contribution in [0.1, 0.15) is 12.8 Å². The van der Waals surface area contributed by atoms with Crippen LogP contribution in [0.5, 0.6) is 5.75 Å². The zero-order chi connectivity index (χ0) is 15.9. The van der Waals surface area contributed by atoms with E-state index in [2.05, 4.69) is 15.6 Å². The molecule has 1 aromatic heterocycles. The summed E-state index contributed by atoms with van der Waals surface area (Å²) in [6.07, 6.45) is 1.23. The molecule has 0 bridgehead atoms. The van der Waals surface area contributed by atoms with E-state index in [-0.39, 0.29) is 18.6 Å². The number of carboxylic acids is 1. The van der Waals surface area contributed by atoms with E-state index in [0.717, 1.165) is 0 Å². The molecule has 0 saturated heterocycles. The topological polar surface area (TPSA) is 112 Å². The van der Waals surface area contributed by atoms with E-state index in [1.54, 1.807) is 30.5 Å². The van der Waals surface area contributed by atoms with Crippen molar-refractivity contribution in [2.75, 3.05) is 10.6 Å². The predicted molar refractivity (Wildman–Crippen MR) is 81.1 cm³/mol. The third-order valence-electron chi connectivity index (χ3n) is 2.78. The molecule has 0 unspecified atom stereocenters. The van der Waals surface area contributed by atoms with Crippen LogP contribution in [-0.2, 0) is 9.59 Å². The number of rotatable bonds is 6. The molecular weight excluding hydrogens is 286 g/mol. The molecule has 1 amide bonds. The number of amides is 1. The summed E-state index contributed by atoms with van der Waals surface area (Å²) in [6.45, 7) is 0. The van der Waals surface area contributed by atoms with Gasteiger partial charge >= 0.3 is 5.97 Å². The van der Waals surface area contributed by atoms with Gasteiger partial charge in [0.05, 0.1) is 12.1 Å². The Morgan fingerprint density at radius 2 is 1.82 bits per heavy atom. The number of hydrogen-bond acceptors (Lipinski definition) is 5. The summed E-state index contributed by atoms with van der Waals surface area (Å²) in [5.41, 5.74) is 1.14. The Bertz CT molecular complexity index is 671. The Morgan fingerprint density at radius 3 is 2.50 bits per heavy atom. The first-order valence-corrected chi connectivity index (χ1v) is 6.57. The van der Waals surface area contributed by atoms with E-state index in [0.29, 0.717) is 17.2 Å². The zero-order valence-corrected chi connectivity index (χ0v) is 11.6. The van der Waals surface area contributed by atoms with Crippen molar-refractivity contribution in [2.45, 2.75) is 12.8 Å². The van der Waals surface area contributed by atoms with Crippen molar-refractivity contribution in [3.63, 3.8) is 0 Å². The van der Waals surface area contributed by atoms with E-state index >= 15 is 0 Å². The molecule has 2 aromatic rings. The molecule has 0 saturated carbocycles. The molecule has 22 heavy (non-hydrogen) atoms. The van der Waals surface area contributed by atoms with Gasteiger partial charge in [0.1, 0.15) is 5.75 Å². The third-order valence-corrected chi connectivity index (χ3v) is 2.78. The first-order valence-electron chi connectivity index (χ1n) is 6.57. The maximum Gasteiger partial charge on any atom is 0.303 e. The molecule has 0 spiro atoms. The largest absolute Gasteiger partial charge is 0.508 e. The number of carboxylic acid groups (broad SMARTS) is 1. The fraction of sp³-hybridized carbons (Fsp3) is 0.133. The van der Waals surface area contributed by atoms with Crippen LogP contribution in [0.2, 0.25) is 0 Å². The second kappa shape index (κ2) is 7.07. The Hall–Kier alpha value is -3.09. The van der Waals surface area contributed by atoms with Crippen LogP contribution in [0.3, 0.4) is 0 Å². The van der Waals surface area contributed by atoms with Crippen LogP contribution in [-0.4, -0.2) is 27.1 Å². The molecule has 4 N–H and O–H groups in total. The summed E-state index contributed by atoms with van der Waals surface area (Å²) in [7, 11) is 0. The standard InChI is InChI=1S/C15H15N3O4/c19-11-5-3-10(4-6-11)17-15-12(2-1-9-16-15)18-13(20)7-8-14(21)22/h1-6,9,19H,7-8H2,(H,16,17)(H,18,20)(H,21,22). The number of carbonyl (C=O) groups is 2. The van der Waals surface area contributed by atoms with Gasteiger partial charge in [-0.2, -0.15) is 0 Å². The summed E-state index contributed by atoms with van der Waals surface area (Å²) < 4.78 is 0. The molecule has 114 valence electrons. The molecule has 0 fully saturated rings. The van der Waals surface area contributed by atoms with Gasteiger partial charge in [-0.25, -0.2) is 4.98 Å². The van der Waals surface area contributed by atoms with E-state index in [9.17, 15) is 14.7 Å². The molecule has 0 atom stereocenters. The molecule has 1 aromatic carbocycles. The van der Waals surface area contributed by atoms with Crippen molar-refractivity contribution in [3.8, 4) is 5.75 Å². The van der Waals surface area contributed by atoms with Gasteiger partial charge in [-0.15, -0.1) is 0 Å². The zero-order valence-electron chi connectivity index (χ0n) is 11.6. The Morgan fingerprint density at radius 1 is 1.09 bits per heavy atom. The van der Waals surface area contributed by atoms with E-state index in [4.69, 9.17) is 5.11 Å². The first kappa shape index (κ1) is 15.3. The van der Waals surface area contributed by atoms with Crippen molar-refractivity contribution in [3.05, 3.63) is 42.6 Å². The van der Waals surface area contributed by atoms with E-state index in [1.165, 1.54) is 12.1 Å². The lowest BCUT2D eigenvalue weighted by Gasteiger charge is -2.11. The lowest BCUT2D eigenvalue weighted by atomic mass is 10.2. The van der Waals surface area contributed by atoms with Crippen LogP contribution in [0.4, 0.5) is 17.2 Å². The SMILES string of the molecule is O=C(O)CCC(=O)Nc1cccnc1Nc1ccc(O)cc1. The number of aromatic nitrogens is 1. The molecule has 1 heterocycles. The highest BCUT2D eigenvalue weighted by Gasteiger charge is 2.09. The van der Waals surface area contributed by atoms with Crippen LogP contribution >= 0.6 is 0 Å². The highest BCUT2D eigenvalue weighted by molar-refractivity contribution is 5.95. The third kappa shape index (κ3) is 4.48. The second-order valence-electron chi connectivity index (χ2n) is 4.51. The molecule has 2 rings (SSSR count). The Kier molecular flexibility index (Phi) is 4.92. The predicted octanol–water partition coefficient (Wildman–Crippen LogP) is 2.33. The number of anilines is 3. The quantitative estimate of drug-likeness (QED) is 0.609. The summed E-state index contributed by atoms with van der Waals surface area (Å²) in [4.78, 5) is 26.3. The summed E-state index contributed by atoms with van der Waals surface area (Å²) in [5.74, 6) is -0.849.